The summed E-state index contributed by atoms with van der Waals surface area (Å²) in [5.74, 6) is 1.39. The van der Waals surface area contributed by atoms with Gasteiger partial charge in [0.1, 0.15) is 11.5 Å². The van der Waals surface area contributed by atoms with Crippen LogP contribution in [0.15, 0.2) is 42.5 Å². The van der Waals surface area contributed by atoms with Crippen LogP contribution in [0.5, 0.6) is 11.5 Å². The SMILES string of the molecule is COCOc1ccc(C(N)=O)c(C2(O)CCC(CCOc3ccccc3)CC2)c1C. The largest absolute Gasteiger partial charge is 0.494 e. The first kappa shape index (κ1) is 22.1. The van der Waals surface area contributed by atoms with Gasteiger partial charge >= 0.3 is 0 Å². The summed E-state index contributed by atoms with van der Waals surface area (Å²) >= 11 is 0. The zero-order chi connectivity index (χ0) is 21.6. The molecule has 1 aliphatic carbocycles. The highest BCUT2D eigenvalue weighted by molar-refractivity contribution is 5.95. The predicted octanol–water partition coefficient (Wildman–Crippen LogP) is 3.92. The van der Waals surface area contributed by atoms with E-state index in [-0.39, 0.29) is 6.79 Å². The highest BCUT2D eigenvalue weighted by atomic mass is 16.7. The fourth-order valence-electron chi connectivity index (χ4n) is 4.33. The van der Waals surface area contributed by atoms with Crippen molar-refractivity contribution >= 4 is 5.91 Å². The van der Waals surface area contributed by atoms with Gasteiger partial charge in [0.15, 0.2) is 6.79 Å². The van der Waals surface area contributed by atoms with E-state index in [2.05, 4.69) is 0 Å². The molecular weight excluding hydrogens is 382 g/mol. The standard InChI is InChI=1S/C24H31NO5/c1-17-21(30-16-28-2)9-8-20(23(25)26)22(17)24(27)13-10-18(11-14-24)12-15-29-19-6-4-3-5-7-19/h3-9,18,27H,10-16H2,1-2H3,(H2,25,26). The maximum Gasteiger partial charge on any atom is 0.249 e. The smallest absolute Gasteiger partial charge is 0.249 e. The van der Waals surface area contributed by atoms with Gasteiger partial charge in [0.05, 0.1) is 12.2 Å². The number of nitrogens with two attached hydrogens (primary N) is 1. The summed E-state index contributed by atoms with van der Waals surface area (Å²) in [5, 5.41) is 11.5. The van der Waals surface area contributed by atoms with Crippen molar-refractivity contribution < 1.29 is 24.1 Å². The number of hydrogen-bond donors (Lipinski definition) is 2. The molecule has 0 bridgehead atoms. The van der Waals surface area contributed by atoms with Crippen molar-refractivity contribution in [1.29, 1.82) is 0 Å². The maximum atomic E-state index is 12.1. The first-order valence-electron chi connectivity index (χ1n) is 10.4. The Morgan fingerprint density at radius 1 is 1.13 bits per heavy atom. The summed E-state index contributed by atoms with van der Waals surface area (Å²) in [7, 11) is 1.55. The van der Waals surface area contributed by atoms with Gasteiger partial charge < -0.3 is 25.1 Å². The number of para-hydroxylation sites is 1. The number of amides is 1. The number of benzene rings is 2. The molecule has 1 fully saturated rings. The van der Waals surface area contributed by atoms with Crippen molar-refractivity contribution in [2.75, 3.05) is 20.5 Å². The summed E-state index contributed by atoms with van der Waals surface area (Å²) < 4.78 is 16.4. The highest BCUT2D eigenvalue weighted by Crippen LogP contribution is 2.44. The molecule has 0 atom stereocenters. The number of hydrogen-bond acceptors (Lipinski definition) is 5. The van der Waals surface area contributed by atoms with E-state index in [1.807, 2.05) is 37.3 Å². The zero-order valence-corrected chi connectivity index (χ0v) is 17.7. The van der Waals surface area contributed by atoms with E-state index >= 15 is 0 Å². The van der Waals surface area contributed by atoms with Gasteiger partial charge in [0, 0.05) is 18.2 Å². The normalized spacial score (nSPS) is 21.2. The molecule has 0 aliphatic heterocycles. The van der Waals surface area contributed by atoms with Crippen molar-refractivity contribution in [3.8, 4) is 11.5 Å². The third-order valence-corrected chi connectivity index (χ3v) is 5.95. The number of methoxy groups -OCH3 is 1. The van der Waals surface area contributed by atoms with Crippen LogP contribution in [0, 0.1) is 12.8 Å². The molecule has 0 spiro atoms. The van der Waals surface area contributed by atoms with Gasteiger partial charge in [-0.25, -0.2) is 0 Å². The van der Waals surface area contributed by atoms with Crippen LogP contribution in [0.1, 0.15) is 53.6 Å². The molecule has 30 heavy (non-hydrogen) atoms. The van der Waals surface area contributed by atoms with Crippen molar-refractivity contribution in [3.63, 3.8) is 0 Å². The van der Waals surface area contributed by atoms with Crippen LogP contribution in [-0.2, 0) is 10.3 Å². The van der Waals surface area contributed by atoms with Crippen molar-refractivity contribution in [3.05, 3.63) is 59.2 Å². The number of carbonyl (C=O) groups excluding carboxylic acids is 1. The molecule has 2 aromatic carbocycles. The lowest BCUT2D eigenvalue weighted by Crippen LogP contribution is -2.35. The predicted molar refractivity (Wildman–Crippen MR) is 115 cm³/mol. The summed E-state index contributed by atoms with van der Waals surface area (Å²) in [6, 6.07) is 13.1. The molecule has 162 valence electrons. The number of rotatable bonds is 9. The zero-order valence-electron chi connectivity index (χ0n) is 17.7. The van der Waals surface area contributed by atoms with Crippen LogP contribution in [0.2, 0.25) is 0 Å². The molecule has 1 aliphatic rings. The molecular formula is C24H31NO5. The van der Waals surface area contributed by atoms with Crippen LogP contribution < -0.4 is 15.2 Å². The lowest BCUT2D eigenvalue weighted by molar-refractivity contribution is -0.0181. The Kier molecular flexibility index (Phi) is 7.34. The fraction of sp³-hybridized carbons (Fsp3) is 0.458. The Balaban J connectivity index is 1.68. The van der Waals surface area contributed by atoms with E-state index in [4.69, 9.17) is 19.9 Å². The van der Waals surface area contributed by atoms with Gasteiger partial charge in [0.25, 0.3) is 0 Å². The second kappa shape index (κ2) is 9.96. The van der Waals surface area contributed by atoms with Crippen molar-refractivity contribution in [1.82, 2.24) is 0 Å². The van der Waals surface area contributed by atoms with Gasteiger partial charge in [0.2, 0.25) is 5.91 Å². The van der Waals surface area contributed by atoms with Crippen molar-refractivity contribution in [2.45, 2.75) is 44.6 Å². The molecule has 6 nitrogen and oxygen atoms in total. The monoisotopic (exact) mass is 413 g/mol. The Labute approximate surface area is 177 Å². The van der Waals surface area contributed by atoms with E-state index in [1.165, 1.54) is 0 Å². The molecule has 0 saturated heterocycles. The van der Waals surface area contributed by atoms with Crippen LogP contribution in [0.3, 0.4) is 0 Å². The molecule has 0 heterocycles. The first-order chi connectivity index (χ1) is 14.4. The number of ether oxygens (including phenoxy) is 3. The topological polar surface area (TPSA) is 91.0 Å². The van der Waals surface area contributed by atoms with Crippen LogP contribution in [-0.4, -0.2) is 31.5 Å². The Hall–Kier alpha value is -2.57. The third kappa shape index (κ3) is 5.12. The van der Waals surface area contributed by atoms with Crippen LogP contribution in [0.4, 0.5) is 0 Å². The lowest BCUT2D eigenvalue weighted by Gasteiger charge is -2.38. The number of carbonyl (C=O) groups is 1. The Morgan fingerprint density at radius 2 is 1.83 bits per heavy atom. The molecule has 0 unspecified atom stereocenters. The summed E-state index contributed by atoms with van der Waals surface area (Å²) in [4.78, 5) is 12.1. The minimum atomic E-state index is -1.10. The van der Waals surface area contributed by atoms with Crippen molar-refractivity contribution in [2.24, 2.45) is 11.7 Å². The second-order valence-corrected chi connectivity index (χ2v) is 7.95. The first-order valence-corrected chi connectivity index (χ1v) is 10.4. The van der Waals surface area contributed by atoms with Gasteiger partial charge in [-0.05, 0) is 74.8 Å². The molecule has 1 amide bonds. The van der Waals surface area contributed by atoms with E-state index in [1.54, 1.807) is 19.2 Å². The Bertz CT molecular complexity index is 844. The molecule has 3 rings (SSSR count). The van der Waals surface area contributed by atoms with Crippen LogP contribution >= 0.6 is 0 Å². The fourth-order valence-corrected chi connectivity index (χ4v) is 4.33. The lowest BCUT2D eigenvalue weighted by atomic mass is 9.72. The maximum absolute atomic E-state index is 12.1. The van der Waals surface area contributed by atoms with Gasteiger partial charge in [-0.15, -0.1) is 0 Å². The highest BCUT2D eigenvalue weighted by Gasteiger charge is 2.39. The second-order valence-electron chi connectivity index (χ2n) is 7.95. The molecule has 0 aromatic heterocycles. The Morgan fingerprint density at radius 3 is 2.47 bits per heavy atom. The minimum absolute atomic E-state index is 0.0954. The van der Waals surface area contributed by atoms with Gasteiger partial charge in [-0.1, -0.05) is 18.2 Å². The molecule has 1 saturated carbocycles. The molecule has 6 heteroatoms. The van der Waals surface area contributed by atoms with E-state index in [0.717, 1.165) is 30.6 Å². The minimum Gasteiger partial charge on any atom is -0.494 e. The average Bonchev–Trinajstić information content (AvgIpc) is 2.74. The summed E-state index contributed by atoms with van der Waals surface area (Å²) in [5.41, 5.74) is 6.19. The average molecular weight is 414 g/mol. The molecule has 2 aromatic rings. The number of aliphatic hydroxyl groups is 1. The summed E-state index contributed by atoms with van der Waals surface area (Å²) in [6.07, 6.45) is 3.78. The molecule has 3 N–H and O–H groups in total. The van der Waals surface area contributed by atoms with Gasteiger partial charge in [-0.3, -0.25) is 4.79 Å². The van der Waals surface area contributed by atoms with E-state index < -0.39 is 11.5 Å². The van der Waals surface area contributed by atoms with E-state index in [0.29, 0.717) is 42.2 Å². The van der Waals surface area contributed by atoms with Crippen LogP contribution in [0.25, 0.3) is 0 Å². The number of primary amides is 1. The summed E-state index contributed by atoms with van der Waals surface area (Å²) in [6.45, 7) is 2.60. The molecule has 0 radical (unpaired) electrons. The third-order valence-electron chi connectivity index (χ3n) is 5.95. The van der Waals surface area contributed by atoms with Gasteiger partial charge in [-0.2, -0.15) is 0 Å². The van der Waals surface area contributed by atoms with E-state index in [9.17, 15) is 9.90 Å². The quantitative estimate of drug-likeness (QED) is 0.608.